The van der Waals surface area contributed by atoms with Crippen LogP contribution in [0.2, 0.25) is 10.0 Å². The third-order valence-corrected chi connectivity index (χ3v) is 3.99. The highest BCUT2D eigenvalue weighted by Gasteiger charge is 2.39. The highest BCUT2D eigenvalue weighted by atomic mass is 35.5. The van der Waals surface area contributed by atoms with Gasteiger partial charge in [-0.2, -0.15) is 0 Å². The lowest BCUT2D eigenvalue weighted by Gasteiger charge is -2.21. The van der Waals surface area contributed by atoms with Gasteiger partial charge in [-0.15, -0.1) is 0 Å². The summed E-state index contributed by atoms with van der Waals surface area (Å²) in [7, 11) is 0. The van der Waals surface area contributed by atoms with Gasteiger partial charge < -0.3 is 4.74 Å². The first-order valence-electron chi connectivity index (χ1n) is 6.09. The standard InChI is InChI=1S/C14H14Cl3NO/c1-3-14(4-2)12(8-15)19-13(18-14)9-5-10(16)7-11(17)6-9/h5-8H,3-4H2,1-2H3. The van der Waals surface area contributed by atoms with Crippen molar-refractivity contribution in [2.75, 3.05) is 0 Å². The third-order valence-electron chi connectivity index (χ3n) is 3.36. The predicted octanol–water partition coefficient (Wildman–Crippen LogP) is 5.41. The molecule has 1 aliphatic rings. The van der Waals surface area contributed by atoms with Crippen molar-refractivity contribution in [2.45, 2.75) is 32.2 Å². The molecule has 2 nitrogen and oxygen atoms in total. The zero-order valence-electron chi connectivity index (χ0n) is 10.7. The Bertz CT molecular complexity index is 527. The number of nitrogens with zero attached hydrogens (tertiary/aromatic N) is 1. The molecule has 5 heteroatoms. The van der Waals surface area contributed by atoms with Crippen molar-refractivity contribution in [3.8, 4) is 0 Å². The van der Waals surface area contributed by atoms with E-state index in [1.165, 1.54) is 5.54 Å². The van der Waals surface area contributed by atoms with Crippen LogP contribution in [0.5, 0.6) is 0 Å². The van der Waals surface area contributed by atoms with Gasteiger partial charge in [0.1, 0.15) is 11.3 Å². The van der Waals surface area contributed by atoms with Gasteiger partial charge in [-0.1, -0.05) is 48.7 Å². The van der Waals surface area contributed by atoms with Crippen LogP contribution in [-0.2, 0) is 4.74 Å². The molecule has 0 N–H and O–H groups in total. The smallest absolute Gasteiger partial charge is 0.222 e. The minimum absolute atomic E-state index is 0.383. The second-order valence-electron chi connectivity index (χ2n) is 4.39. The van der Waals surface area contributed by atoms with E-state index in [2.05, 4.69) is 18.8 Å². The van der Waals surface area contributed by atoms with Crippen molar-refractivity contribution < 1.29 is 4.74 Å². The van der Waals surface area contributed by atoms with Crippen molar-refractivity contribution in [3.05, 3.63) is 45.1 Å². The zero-order chi connectivity index (χ0) is 14.0. The fourth-order valence-corrected chi connectivity index (χ4v) is 2.93. The molecule has 0 bridgehead atoms. The van der Waals surface area contributed by atoms with Crippen molar-refractivity contribution in [1.82, 2.24) is 0 Å². The minimum Gasteiger partial charge on any atom is -0.440 e. The van der Waals surface area contributed by atoms with E-state index >= 15 is 0 Å². The van der Waals surface area contributed by atoms with Crippen molar-refractivity contribution in [2.24, 2.45) is 4.99 Å². The van der Waals surface area contributed by atoms with Crippen LogP contribution in [0.1, 0.15) is 32.3 Å². The van der Waals surface area contributed by atoms with Gasteiger partial charge in [-0.05, 0) is 31.0 Å². The maximum atomic E-state index is 6.00. The molecule has 0 aromatic heterocycles. The van der Waals surface area contributed by atoms with Crippen LogP contribution in [0.25, 0.3) is 0 Å². The summed E-state index contributed by atoms with van der Waals surface area (Å²) in [5.74, 6) is 1.19. The molecule has 0 radical (unpaired) electrons. The Hall–Kier alpha value is -0.700. The van der Waals surface area contributed by atoms with Crippen LogP contribution in [0.15, 0.2) is 34.5 Å². The number of aliphatic imine (C=N–C) groups is 1. The van der Waals surface area contributed by atoms with E-state index in [4.69, 9.17) is 39.5 Å². The van der Waals surface area contributed by atoms with Gasteiger partial charge in [-0.25, -0.2) is 4.99 Å². The quantitative estimate of drug-likeness (QED) is 0.730. The first kappa shape index (κ1) is 14.7. The van der Waals surface area contributed by atoms with E-state index in [9.17, 15) is 0 Å². The van der Waals surface area contributed by atoms with E-state index in [1.54, 1.807) is 18.2 Å². The Balaban J connectivity index is 2.47. The molecule has 0 aliphatic carbocycles. The number of halogens is 3. The van der Waals surface area contributed by atoms with Crippen molar-refractivity contribution in [3.63, 3.8) is 0 Å². The van der Waals surface area contributed by atoms with Crippen LogP contribution < -0.4 is 0 Å². The lowest BCUT2D eigenvalue weighted by molar-refractivity contribution is 0.341. The number of rotatable bonds is 3. The van der Waals surface area contributed by atoms with Crippen LogP contribution in [0, 0.1) is 0 Å². The Morgan fingerprint density at radius 3 is 2.16 bits per heavy atom. The molecule has 0 amide bonds. The van der Waals surface area contributed by atoms with Crippen molar-refractivity contribution in [1.29, 1.82) is 0 Å². The van der Waals surface area contributed by atoms with E-state index < -0.39 is 0 Å². The largest absolute Gasteiger partial charge is 0.440 e. The molecule has 1 aliphatic heterocycles. The average molecular weight is 319 g/mol. The number of hydrogen-bond acceptors (Lipinski definition) is 2. The molecule has 19 heavy (non-hydrogen) atoms. The van der Waals surface area contributed by atoms with Gasteiger partial charge in [-0.3, -0.25) is 0 Å². The Kier molecular flexibility index (Phi) is 4.44. The monoisotopic (exact) mass is 317 g/mol. The first-order chi connectivity index (χ1) is 9.04. The maximum Gasteiger partial charge on any atom is 0.222 e. The molecule has 1 aromatic carbocycles. The van der Waals surface area contributed by atoms with Crippen LogP contribution in [0.4, 0.5) is 0 Å². The van der Waals surface area contributed by atoms with Crippen molar-refractivity contribution >= 4 is 40.7 Å². The van der Waals surface area contributed by atoms with Crippen LogP contribution in [-0.4, -0.2) is 11.4 Å². The molecule has 1 heterocycles. The molecule has 2 rings (SSSR count). The summed E-state index contributed by atoms with van der Waals surface area (Å²) >= 11 is 17.9. The molecule has 0 atom stereocenters. The van der Waals surface area contributed by atoms with Gasteiger partial charge in [0, 0.05) is 21.1 Å². The molecule has 102 valence electrons. The normalized spacial score (nSPS) is 19.4. The number of hydrogen-bond donors (Lipinski definition) is 0. The summed E-state index contributed by atoms with van der Waals surface area (Å²) in [4.78, 5) is 4.69. The highest BCUT2D eigenvalue weighted by Crippen LogP contribution is 2.38. The number of ether oxygens (including phenoxy) is 1. The molecular formula is C14H14Cl3NO. The molecule has 0 fully saturated rings. The van der Waals surface area contributed by atoms with Gasteiger partial charge in [0.25, 0.3) is 0 Å². The molecular weight excluding hydrogens is 305 g/mol. The van der Waals surface area contributed by atoms with Crippen LogP contribution in [0.3, 0.4) is 0 Å². The lowest BCUT2D eigenvalue weighted by Crippen LogP contribution is -2.23. The van der Waals surface area contributed by atoms with Gasteiger partial charge in [0.15, 0.2) is 0 Å². The summed E-state index contributed by atoms with van der Waals surface area (Å²) in [6, 6.07) is 5.23. The molecule has 1 aromatic rings. The van der Waals surface area contributed by atoms with E-state index in [-0.39, 0.29) is 5.54 Å². The summed E-state index contributed by atoms with van der Waals surface area (Å²) in [6.07, 6.45) is 1.64. The molecule has 0 unspecified atom stereocenters. The highest BCUT2D eigenvalue weighted by molar-refractivity contribution is 6.35. The first-order valence-corrected chi connectivity index (χ1v) is 7.29. The van der Waals surface area contributed by atoms with Gasteiger partial charge in [0.2, 0.25) is 5.90 Å². The predicted molar refractivity (Wildman–Crippen MR) is 81.3 cm³/mol. The average Bonchev–Trinajstić information content (AvgIpc) is 2.77. The fourth-order valence-electron chi connectivity index (χ4n) is 2.15. The van der Waals surface area contributed by atoms with Crippen LogP contribution >= 0.6 is 34.8 Å². The minimum atomic E-state index is -0.383. The SMILES string of the molecule is CCC1(CC)N=C(c2cc(Cl)cc(Cl)c2)OC1=CCl. The lowest BCUT2D eigenvalue weighted by atomic mass is 9.92. The topological polar surface area (TPSA) is 21.6 Å². The maximum absolute atomic E-state index is 6.00. The Morgan fingerprint density at radius 2 is 1.74 bits per heavy atom. The molecule has 0 saturated carbocycles. The number of benzene rings is 1. The Morgan fingerprint density at radius 1 is 1.16 bits per heavy atom. The van der Waals surface area contributed by atoms with E-state index in [1.807, 2.05) is 0 Å². The zero-order valence-corrected chi connectivity index (χ0v) is 13.0. The van der Waals surface area contributed by atoms with E-state index in [0.717, 1.165) is 18.4 Å². The van der Waals surface area contributed by atoms with E-state index in [0.29, 0.717) is 21.7 Å². The molecule has 0 spiro atoms. The Labute approximate surface area is 128 Å². The second kappa shape index (κ2) is 5.74. The summed E-state index contributed by atoms with van der Waals surface area (Å²) < 4.78 is 5.77. The van der Waals surface area contributed by atoms with Gasteiger partial charge in [0.05, 0.1) is 0 Å². The second-order valence-corrected chi connectivity index (χ2v) is 5.48. The molecule has 0 saturated heterocycles. The summed E-state index contributed by atoms with van der Waals surface area (Å²) in [6.45, 7) is 4.12. The fraction of sp³-hybridized carbons (Fsp3) is 0.357. The summed E-state index contributed by atoms with van der Waals surface area (Å²) in [5, 5.41) is 1.10. The third kappa shape index (κ3) is 2.76. The summed E-state index contributed by atoms with van der Waals surface area (Å²) in [5.41, 5.74) is 1.83. The van der Waals surface area contributed by atoms with Gasteiger partial charge >= 0.3 is 0 Å².